The summed E-state index contributed by atoms with van der Waals surface area (Å²) in [6.45, 7) is 0. The van der Waals surface area contributed by atoms with Crippen LogP contribution in [0.1, 0.15) is 33.1 Å². The van der Waals surface area contributed by atoms with Gasteiger partial charge in [0.25, 0.3) is 0 Å². The minimum Gasteiger partial charge on any atom is -0.493 e. The minimum absolute atomic E-state index is 0.175. The van der Waals surface area contributed by atoms with Crippen LogP contribution in [0, 0.1) is 0 Å². The lowest BCUT2D eigenvalue weighted by Crippen LogP contribution is -1.95. The molecule has 5 heterocycles. The number of aromatic amines is 2. The minimum atomic E-state index is -1.01. The molecule has 7 aromatic rings. The number of methoxy groups -OCH3 is 6. The van der Waals surface area contributed by atoms with Gasteiger partial charge in [0.2, 0.25) is 0 Å². The van der Waals surface area contributed by atoms with E-state index in [1.165, 1.54) is 0 Å². The molecule has 0 radical (unpaired) electrons. The second-order valence-corrected chi connectivity index (χ2v) is 14.6. The molecule has 4 aromatic carbocycles. The largest absolute Gasteiger partial charge is 0.493 e. The number of aromatic nitrogens is 4. The van der Waals surface area contributed by atoms with Crippen molar-refractivity contribution in [3.8, 4) is 79.0 Å². The first kappa shape index (κ1) is 40.2. The van der Waals surface area contributed by atoms with E-state index < -0.39 is 5.97 Å². The van der Waals surface area contributed by atoms with E-state index in [1.807, 2.05) is 103 Å². The van der Waals surface area contributed by atoms with E-state index in [0.29, 0.717) is 57.3 Å². The zero-order chi connectivity index (χ0) is 43.8. The van der Waals surface area contributed by atoms with Gasteiger partial charge in [0.1, 0.15) is 0 Å². The van der Waals surface area contributed by atoms with Crippen LogP contribution in [0.5, 0.6) is 34.5 Å². The molecule has 0 spiro atoms. The molecule has 2 aliphatic rings. The molecular formula is C51H42N4O8. The highest BCUT2D eigenvalue weighted by Gasteiger charge is 2.21. The van der Waals surface area contributed by atoms with Crippen LogP contribution in [-0.4, -0.2) is 73.7 Å². The quantitative estimate of drug-likeness (QED) is 0.115. The maximum atomic E-state index is 11.9. The summed E-state index contributed by atoms with van der Waals surface area (Å²) in [6, 6.07) is 32.3. The van der Waals surface area contributed by atoms with E-state index in [-0.39, 0.29) is 5.56 Å². The molecule has 0 aliphatic carbocycles. The number of hydrogen-bond donors (Lipinski definition) is 3. The third-order valence-electron chi connectivity index (χ3n) is 11.2. The smallest absolute Gasteiger partial charge is 0.335 e. The van der Waals surface area contributed by atoms with E-state index >= 15 is 0 Å². The maximum absolute atomic E-state index is 11.9. The van der Waals surface area contributed by atoms with Gasteiger partial charge in [-0.05, 0) is 119 Å². The number of rotatable bonds is 11. The molecule has 8 bridgehead atoms. The number of carboxylic acids is 1. The maximum Gasteiger partial charge on any atom is 0.335 e. The van der Waals surface area contributed by atoms with Crippen LogP contribution in [0.4, 0.5) is 0 Å². The Morgan fingerprint density at radius 1 is 0.397 bits per heavy atom. The fraction of sp³-hybridized carbons (Fsp3) is 0.118. The summed E-state index contributed by atoms with van der Waals surface area (Å²) in [4.78, 5) is 30.1. The molecule has 0 amide bonds. The fourth-order valence-corrected chi connectivity index (χ4v) is 8.17. The summed E-state index contributed by atoms with van der Waals surface area (Å²) in [5, 5.41) is 9.78. The Labute approximate surface area is 362 Å². The van der Waals surface area contributed by atoms with Gasteiger partial charge < -0.3 is 43.5 Å². The molecule has 12 heteroatoms. The fourth-order valence-electron chi connectivity index (χ4n) is 8.17. The third-order valence-corrected chi connectivity index (χ3v) is 11.2. The monoisotopic (exact) mass is 838 g/mol. The zero-order valence-corrected chi connectivity index (χ0v) is 35.3. The summed E-state index contributed by atoms with van der Waals surface area (Å²) >= 11 is 0. The van der Waals surface area contributed by atoms with Gasteiger partial charge in [-0.2, -0.15) is 0 Å². The van der Waals surface area contributed by atoms with Gasteiger partial charge in [-0.3, -0.25) is 0 Å². The van der Waals surface area contributed by atoms with Crippen molar-refractivity contribution in [3.63, 3.8) is 0 Å². The first-order chi connectivity index (χ1) is 30.7. The lowest BCUT2D eigenvalue weighted by atomic mass is 10.0. The highest BCUT2D eigenvalue weighted by molar-refractivity contribution is 6.00. The Kier molecular flexibility index (Phi) is 10.6. The van der Waals surface area contributed by atoms with Crippen molar-refractivity contribution in [2.24, 2.45) is 0 Å². The summed E-state index contributed by atoms with van der Waals surface area (Å²) < 4.78 is 34.2. The first-order valence-electron chi connectivity index (χ1n) is 19.9. The van der Waals surface area contributed by atoms with Crippen LogP contribution in [0.25, 0.3) is 90.9 Å². The summed E-state index contributed by atoms with van der Waals surface area (Å²) in [5.41, 5.74) is 12.5. The Balaban J connectivity index is 1.46. The van der Waals surface area contributed by atoms with E-state index in [0.717, 1.165) is 66.6 Å². The molecule has 3 N–H and O–H groups in total. The number of H-pyrrole nitrogens is 2. The Morgan fingerprint density at radius 3 is 0.968 bits per heavy atom. The second-order valence-electron chi connectivity index (χ2n) is 14.6. The number of carboxylic acid groups (broad SMARTS) is 1. The van der Waals surface area contributed by atoms with Crippen molar-refractivity contribution < 1.29 is 38.3 Å². The van der Waals surface area contributed by atoms with Gasteiger partial charge >= 0.3 is 5.97 Å². The van der Waals surface area contributed by atoms with Crippen molar-refractivity contribution in [3.05, 3.63) is 131 Å². The normalized spacial score (nSPS) is 11.7. The Morgan fingerprint density at radius 2 is 0.683 bits per heavy atom. The van der Waals surface area contributed by atoms with Crippen LogP contribution in [0.15, 0.2) is 103 Å². The van der Waals surface area contributed by atoms with E-state index in [9.17, 15) is 9.90 Å². The molecule has 12 nitrogen and oxygen atoms in total. The lowest BCUT2D eigenvalue weighted by Gasteiger charge is -2.12. The highest BCUT2D eigenvalue weighted by atomic mass is 16.5. The second kappa shape index (κ2) is 16.7. The molecule has 0 saturated carbocycles. The van der Waals surface area contributed by atoms with Crippen LogP contribution in [-0.2, 0) is 0 Å². The van der Waals surface area contributed by atoms with E-state index in [1.54, 1.807) is 66.9 Å². The van der Waals surface area contributed by atoms with Crippen molar-refractivity contribution in [1.82, 2.24) is 19.9 Å². The standard InChI is InChI=1S/C51H42N4O8/c1-58-41-22-11-30(25-44(41)61-4)48-35-16-14-33(52-35)47(28-7-9-29(10-8-28)51(56)57)34-15-17-36(53-34)49(31-12-23-42(59-2)45(26-31)62-5)38-19-21-40(55-38)50(39-20-18-37(48)54-39)32-13-24-43(60-3)46(27-32)63-6/h7-27,52,55H,1-6H3,(H,56,57). The van der Waals surface area contributed by atoms with Gasteiger partial charge in [-0.15, -0.1) is 0 Å². The van der Waals surface area contributed by atoms with Crippen molar-refractivity contribution >= 4 is 52.3 Å². The molecule has 0 unspecified atom stereocenters. The predicted molar refractivity (Wildman–Crippen MR) is 247 cm³/mol. The SMILES string of the molecule is COc1ccc(-c2c3nc(c(-c4ccc(OC)c(OC)c4)c4ccc([nH]4)c(-c4ccc(OC)c(OC)c4)c4nc(c(-c5ccc(C(=O)O)cc5)c5ccc2[nH]5)C=C4)C=C3)cc1OC. The lowest BCUT2D eigenvalue weighted by molar-refractivity contribution is 0.0697. The van der Waals surface area contributed by atoms with Crippen molar-refractivity contribution in [2.75, 3.05) is 42.7 Å². The number of benzene rings is 4. The predicted octanol–water partition coefficient (Wildman–Crippen LogP) is 11.1. The molecule has 0 saturated heterocycles. The van der Waals surface area contributed by atoms with E-state index in [4.69, 9.17) is 38.4 Å². The molecule has 9 rings (SSSR count). The highest BCUT2D eigenvalue weighted by Crippen LogP contribution is 2.42. The summed E-state index contributed by atoms with van der Waals surface area (Å²) in [6.07, 6.45) is 7.98. The number of nitrogens with one attached hydrogen (secondary N) is 2. The number of fused-ring (bicyclic) bond motifs is 8. The average Bonchev–Trinajstić information content (AvgIpc) is 4.17. The van der Waals surface area contributed by atoms with Crippen LogP contribution < -0.4 is 28.4 Å². The van der Waals surface area contributed by atoms with Gasteiger partial charge in [0.05, 0.1) is 71.0 Å². The topological polar surface area (TPSA) is 150 Å². The summed E-state index contributed by atoms with van der Waals surface area (Å²) in [5.74, 6) is 2.46. The first-order valence-corrected chi connectivity index (χ1v) is 19.9. The van der Waals surface area contributed by atoms with Crippen molar-refractivity contribution in [2.45, 2.75) is 0 Å². The summed E-state index contributed by atoms with van der Waals surface area (Å²) in [7, 11) is 9.66. The van der Waals surface area contributed by atoms with Crippen LogP contribution >= 0.6 is 0 Å². The number of hydrogen-bond acceptors (Lipinski definition) is 9. The Hall–Kier alpha value is -8.25. The van der Waals surface area contributed by atoms with Gasteiger partial charge in [-0.25, -0.2) is 14.8 Å². The molecule has 63 heavy (non-hydrogen) atoms. The average molecular weight is 839 g/mol. The van der Waals surface area contributed by atoms with Crippen LogP contribution in [0.3, 0.4) is 0 Å². The number of carbonyl (C=O) groups is 1. The number of aromatic carboxylic acids is 1. The number of nitrogens with zero attached hydrogens (tertiary/aromatic N) is 2. The van der Waals surface area contributed by atoms with Crippen LogP contribution in [0.2, 0.25) is 0 Å². The Bertz CT molecular complexity index is 3130. The van der Waals surface area contributed by atoms with Gasteiger partial charge in [0, 0.05) is 44.3 Å². The van der Waals surface area contributed by atoms with Gasteiger partial charge in [0.15, 0.2) is 34.5 Å². The molecule has 0 atom stereocenters. The number of ether oxygens (including phenoxy) is 6. The molecule has 2 aliphatic heterocycles. The van der Waals surface area contributed by atoms with Crippen molar-refractivity contribution in [1.29, 1.82) is 0 Å². The molecule has 314 valence electrons. The van der Waals surface area contributed by atoms with E-state index in [2.05, 4.69) is 9.97 Å². The van der Waals surface area contributed by atoms with Gasteiger partial charge in [-0.1, -0.05) is 30.3 Å². The third kappa shape index (κ3) is 7.27. The zero-order valence-electron chi connectivity index (χ0n) is 35.3. The molecule has 3 aromatic heterocycles. The molecular weight excluding hydrogens is 797 g/mol. The molecule has 0 fully saturated rings.